The summed E-state index contributed by atoms with van der Waals surface area (Å²) in [7, 11) is 0. The van der Waals surface area contributed by atoms with E-state index in [1.807, 2.05) is 0 Å². The highest BCUT2D eigenvalue weighted by Crippen LogP contribution is 2.16. The van der Waals surface area contributed by atoms with Gasteiger partial charge in [0.2, 0.25) is 0 Å². The van der Waals surface area contributed by atoms with Gasteiger partial charge in [-0.2, -0.15) is 0 Å². The highest BCUT2D eigenvalue weighted by atomic mass is 14.8. The fourth-order valence-electron chi connectivity index (χ4n) is 2.36. The van der Waals surface area contributed by atoms with Crippen LogP contribution in [0.5, 0.6) is 0 Å². The van der Waals surface area contributed by atoms with Crippen molar-refractivity contribution in [1.82, 2.24) is 5.32 Å². The Morgan fingerprint density at radius 2 is 1.79 bits per heavy atom. The summed E-state index contributed by atoms with van der Waals surface area (Å²) < 4.78 is 0. The zero-order chi connectivity index (χ0) is 14.3. The van der Waals surface area contributed by atoms with E-state index in [0.717, 1.165) is 24.9 Å². The van der Waals surface area contributed by atoms with Gasteiger partial charge in [0.15, 0.2) is 0 Å². The first kappa shape index (κ1) is 16.2. The standard InChI is InChI=1S/C18H31N/c1-14(2)13-19-11-10-15(3)7-9-18-12-16(4)6-8-17(18)5/h6,8,12,14-15,19H,7,9-11,13H2,1-5H3. The fraction of sp³-hybridized carbons (Fsp3) is 0.667. The van der Waals surface area contributed by atoms with Gasteiger partial charge in [-0.25, -0.2) is 0 Å². The maximum atomic E-state index is 3.53. The summed E-state index contributed by atoms with van der Waals surface area (Å²) in [5, 5.41) is 3.53. The molecule has 0 aliphatic carbocycles. The van der Waals surface area contributed by atoms with Gasteiger partial charge in [0.25, 0.3) is 0 Å². The molecule has 19 heavy (non-hydrogen) atoms. The Labute approximate surface area is 119 Å². The molecule has 108 valence electrons. The van der Waals surface area contributed by atoms with Crippen molar-refractivity contribution in [1.29, 1.82) is 0 Å². The third kappa shape index (κ3) is 6.77. The van der Waals surface area contributed by atoms with Crippen LogP contribution in [0.25, 0.3) is 0 Å². The maximum absolute atomic E-state index is 3.53. The summed E-state index contributed by atoms with van der Waals surface area (Å²) in [6.07, 6.45) is 3.81. The van der Waals surface area contributed by atoms with Crippen molar-refractivity contribution in [2.45, 2.75) is 53.9 Å². The van der Waals surface area contributed by atoms with Gasteiger partial charge in [-0.05, 0) is 69.2 Å². The first-order valence-corrected chi connectivity index (χ1v) is 7.76. The minimum atomic E-state index is 0.755. The minimum absolute atomic E-state index is 0.755. The van der Waals surface area contributed by atoms with E-state index in [4.69, 9.17) is 0 Å². The van der Waals surface area contributed by atoms with E-state index in [0.29, 0.717) is 0 Å². The van der Waals surface area contributed by atoms with Gasteiger partial charge >= 0.3 is 0 Å². The first-order chi connectivity index (χ1) is 8.99. The molecule has 0 aliphatic heterocycles. The molecule has 0 saturated heterocycles. The lowest BCUT2D eigenvalue weighted by molar-refractivity contribution is 0.453. The monoisotopic (exact) mass is 261 g/mol. The molecule has 1 aromatic rings. The van der Waals surface area contributed by atoms with Crippen LogP contribution in [-0.2, 0) is 6.42 Å². The fourth-order valence-corrected chi connectivity index (χ4v) is 2.36. The number of hydrogen-bond acceptors (Lipinski definition) is 1. The quantitative estimate of drug-likeness (QED) is 0.679. The summed E-state index contributed by atoms with van der Waals surface area (Å²) in [4.78, 5) is 0. The SMILES string of the molecule is Cc1ccc(C)c(CCC(C)CCNCC(C)C)c1. The van der Waals surface area contributed by atoms with Crippen LogP contribution < -0.4 is 5.32 Å². The highest BCUT2D eigenvalue weighted by Gasteiger charge is 2.05. The molecule has 1 nitrogen and oxygen atoms in total. The van der Waals surface area contributed by atoms with Crippen molar-refractivity contribution in [3.8, 4) is 0 Å². The lowest BCUT2D eigenvalue weighted by Crippen LogP contribution is -2.22. The minimum Gasteiger partial charge on any atom is -0.316 e. The average Bonchev–Trinajstić information content (AvgIpc) is 2.35. The Morgan fingerprint density at radius 3 is 2.47 bits per heavy atom. The average molecular weight is 261 g/mol. The lowest BCUT2D eigenvalue weighted by atomic mass is 9.95. The van der Waals surface area contributed by atoms with Crippen LogP contribution in [0, 0.1) is 25.7 Å². The van der Waals surface area contributed by atoms with Crippen molar-refractivity contribution in [3.05, 3.63) is 34.9 Å². The number of hydrogen-bond donors (Lipinski definition) is 1. The molecule has 0 bridgehead atoms. The molecule has 1 unspecified atom stereocenters. The smallest absolute Gasteiger partial charge is 0.00258 e. The topological polar surface area (TPSA) is 12.0 Å². The molecule has 0 fully saturated rings. The van der Waals surface area contributed by atoms with Crippen molar-refractivity contribution in [3.63, 3.8) is 0 Å². The first-order valence-electron chi connectivity index (χ1n) is 7.76. The second kappa shape index (κ2) is 8.37. The van der Waals surface area contributed by atoms with Crippen molar-refractivity contribution >= 4 is 0 Å². The van der Waals surface area contributed by atoms with Gasteiger partial charge < -0.3 is 5.32 Å². The molecule has 0 heterocycles. The molecule has 0 aromatic heterocycles. The third-order valence-electron chi connectivity index (χ3n) is 3.78. The predicted octanol–water partition coefficient (Wildman–Crippen LogP) is 4.51. The summed E-state index contributed by atoms with van der Waals surface area (Å²) in [5.41, 5.74) is 4.35. The van der Waals surface area contributed by atoms with E-state index >= 15 is 0 Å². The molecule has 1 aromatic carbocycles. The molecule has 0 aliphatic rings. The summed E-state index contributed by atoms with van der Waals surface area (Å²) >= 11 is 0. The zero-order valence-electron chi connectivity index (χ0n) is 13.4. The zero-order valence-corrected chi connectivity index (χ0v) is 13.4. The van der Waals surface area contributed by atoms with Crippen LogP contribution >= 0.6 is 0 Å². The number of aryl methyl sites for hydroxylation is 3. The van der Waals surface area contributed by atoms with Crippen molar-refractivity contribution < 1.29 is 0 Å². The molecule has 0 amide bonds. The van der Waals surface area contributed by atoms with Gasteiger partial charge in [-0.15, -0.1) is 0 Å². The highest BCUT2D eigenvalue weighted by molar-refractivity contribution is 5.30. The van der Waals surface area contributed by atoms with Crippen LogP contribution in [0.4, 0.5) is 0 Å². The Kier molecular flexibility index (Phi) is 7.15. The van der Waals surface area contributed by atoms with E-state index in [1.165, 1.54) is 36.0 Å². The van der Waals surface area contributed by atoms with Crippen molar-refractivity contribution in [2.24, 2.45) is 11.8 Å². The van der Waals surface area contributed by atoms with E-state index in [1.54, 1.807) is 0 Å². The molecule has 1 N–H and O–H groups in total. The van der Waals surface area contributed by atoms with E-state index in [-0.39, 0.29) is 0 Å². The Morgan fingerprint density at radius 1 is 1.05 bits per heavy atom. The largest absolute Gasteiger partial charge is 0.316 e. The molecule has 0 saturated carbocycles. The molecule has 1 heteroatoms. The molecule has 1 atom stereocenters. The second-order valence-corrected chi connectivity index (χ2v) is 6.46. The molecule has 0 spiro atoms. The van der Waals surface area contributed by atoms with E-state index < -0.39 is 0 Å². The second-order valence-electron chi connectivity index (χ2n) is 6.46. The summed E-state index contributed by atoms with van der Waals surface area (Å²) in [5.74, 6) is 1.56. The predicted molar refractivity (Wildman–Crippen MR) is 85.7 cm³/mol. The van der Waals surface area contributed by atoms with Gasteiger partial charge in [-0.1, -0.05) is 44.5 Å². The summed E-state index contributed by atoms with van der Waals surface area (Å²) in [6, 6.07) is 6.80. The number of rotatable bonds is 8. The van der Waals surface area contributed by atoms with Crippen LogP contribution in [0.3, 0.4) is 0 Å². The lowest BCUT2D eigenvalue weighted by Gasteiger charge is -2.14. The Bertz CT molecular complexity index is 368. The van der Waals surface area contributed by atoms with E-state index in [9.17, 15) is 0 Å². The van der Waals surface area contributed by atoms with E-state index in [2.05, 4.69) is 58.1 Å². The third-order valence-corrected chi connectivity index (χ3v) is 3.78. The van der Waals surface area contributed by atoms with Gasteiger partial charge in [0, 0.05) is 0 Å². The molecular weight excluding hydrogens is 230 g/mol. The van der Waals surface area contributed by atoms with Crippen LogP contribution in [0.15, 0.2) is 18.2 Å². The Hall–Kier alpha value is -0.820. The van der Waals surface area contributed by atoms with Crippen LogP contribution in [0.1, 0.15) is 50.3 Å². The van der Waals surface area contributed by atoms with Crippen LogP contribution in [-0.4, -0.2) is 13.1 Å². The molecule has 1 rings (SSSR count). The maximum Gasteiger partial charge on any atom is -0.00258 e. The number of nitrogens with one attached hydrogen (secondary N) is 1. The van der Waals surface area contributed by atoms with Crippen molar-refractivity contribution in [2.75, 3.05) is 13.1 Å². The molecular formula is C18H31N. The molecule has 0 radical (unpaired) electrons. The van der Waals surface area contributed by atoms with Crippen LogP contribution in [0.2, 0.25) is 0 Å². The van der Waals surface area contributed by atoms with Gasteiger partial charge in [0.1, 0.15) is 0 Å². The number of benzene rings is 1. The summed E-state index contributed by atoms with van der Waals surface area (Å²) in [6.45, 7) is 13.6. The normalized spacial score (nSPS) is 12.9. The Balaban J connectivity index is 2.26. The van der Waals surface area contributed by atoms with Gasteiger partial charge in [0.05, 0.1) is 0 Å². The van der Waals surface area contributed by atoms with Gasteiger partial charge in [-0.3, -0.25) is 0 Å².